The number of likely N-dealkylation sites (tertiary alicyclic amines) is 1. The van der Waals surface area contributed by atoms with Crippen LogP contribution in [-0.4, -0.2) is 30.4 Å². The summed E-state index contributed by atoms with van der Waals surface area (Å²) in [5.74, 6) is 2.91. The Hall–Kier alpha value is -1.01. The lowest BCUT2D eigenvalue weighted by molar-refractivity contribution is -0.131. The Morgan fingerprint density at radius 2 is 2.46 bits per heavy atom. The van der Waals surface area contributed by atoms with Crippen molar-refractivity contribution in [2.24, 2.45) is 11.7 Å². The van der Waals surface area contributed by atoms with E-state index in [2.05, 4.69) is 5.92 Å². The third-order valence-electron chi connectivity index (χ3n) is 2.46. The Kier molecular flexibility index (Phi) is 3.78. The number of rotatable bonds is 2. The zero-order valence-corrected chi connectivity index (χ0v) is 7.83. The second kappa shape index (κ2) is 4.88. The van der Waals surface area contributed by atoms with Gasteiger partial charge in [0.25, 0.3) is 0 Å². The molecule has 0 bridgehead atoms. The number of amides is 1. The van der Waals surface area contributed by atoms with E-state index in [0.717, 1.165) is 25.9 Å². The highest BCUT2D eigenvalue weighted by atomic mass is 16.2. The molecule has 0 radical (unpaired) electrons. The molecule has 1 fully saturated rings. The van der Waals surface area contributed by atoms with Crippen LogP contribution in [0.5, 0.6) is 0 Å². The topological polar surface area (TPSA) is 46.3 Å². The van der Waals surface area contributed by atoms with Gasteiger partial charge >= 0.3 is 0 Å². The molecule has 0 aromatic heterocycles. The van der Waals surface area contributed by atoms with Crippen LogP contribution in [-0.2, 0) is 4.79 Å². The van der Waals surface area contributed by atoms with Crippen LogP contribution >= 0.6 is 0 Å². The first kappa shape index (κ1) is 10.1. The van der Waals surface area contributed by atoms with Crippen molar-refractivity contribution in [1.82, 2.24) is 4.90 Å². The van der Waals surface area contributed by atoms with Gasteiger partial charge in [-0.3, -0.25) is 4.79 Å². The highest BCUT2D eigenvalue weighted by Gasteiger charge is 2.21. The van der Waals surface area contributed by atoms with Crippen molar-refractivity contribution in [3.05, 3.63) is 0 Å². The average Bonchev–Trinajstić information content (AvgIpc) is 2.18. The first-order valence-electron chi connectivity index (χ1n) is 4.69. The maximum absolute atomic E-state index is 11.4. The summed E-state index contributed by atoms with van der Waals surface area (Å²) >= 11 is 0. The number of terminal acetylenes is 1. The number of carbonyl (C=O) groups excluding carboxylic acids is 1. The van der Waals surface area contributed by atoms with E-state index in [1.165, 1.54) is 0 Å². The van der Waals surface area contributed by atoms with Gasteiger partial charge in [0.15, 0.2) is 0 Å². The molecule has 0 aliphatic carbocycles. The minimum Gasteiger partial charge on any atom is -0.342 e. The van der Waals surface area contributed by atoms with E-state index in [9.17, 15) is 4.79 Å². The molecule has 3 heteroatoms. The van der Waals surface area contributed by atoms with E-state index in [1.54, 1.807) is 0 Å². The summed E-state index contributed by atoms with van der Waals surface area (Å²) in [7, 11) is 0. The van der Waals surface area contributed by atoms with Gasteiger partial charge in [0.2, 0.25) is 5.91 Å². The minimum atomic E-state index is 0.0700. The summed E-state index contributed by atoms with van der Waals surface area (Å²) in [6.07, 6.45) is 7.49. The number of hydrogen-bond donors (Lipinski definition) is 1. The largest absolute Gasteiger partial charge is 0.342 e. The van der Waals surface area contributed by atoms with Crippen LogP contribution in [0.1, 0.15) is 19.3 Å². The van der Waals surface area contributed by atoms with E-state index < -0.39 is 0 Å². The molecule has 1 aliphatic rings. The molecular weight excluding hydrogens is 164 g/mol. The lowest BCUT2D eigenvalue weighted by Gasteiger charge is -2.31. The maximum Gasteiger partial charge on any atom is 0.234 e. The third kappa shape index (κ3) is 2.74. The molecule has 0 aromatic rings. The fraction of sp³-hybridized carbons (Fsp3) is 0.700. The van der Waals surface area contributed by atoms with Crippen molar-refractivity contribution in [3.8, 4) is 12.3 Å². The van der Waals surface area contributed by atoms with Crippen LogP contribution in [0.3, 0.4) is 0 Å². The summed E-state index contributed by atoms with van der Waals surface area (Å²) < 4.78 is 0. The number of nitrogens with two attached hydrogens (primary N) is 1. The van der Waals surface area contributed by atoms with Crippen molar-refractivity contribution in [2.45, 2.75) is 19.3 Å². The Labute approximate surface area is 79.3 Å². The second-order valence-corrected chi connectivity index (χ2v) is 3.46. The number of piperidine rings is 1. The monoisotopic (exact) mass is 180 g/mol. The van der Waals surface area contributed by atoms with E-state index in [0.29, 0.717) is 12.5 Å². The van der Waals surface area contributed by atoms with Gasteiger partial charge in [0.05, 0.1) is 6.42 Å². The third-order valence-corrected chi connectivity index (χ3v) is 2.46. The lowest BCUT2D eigenvalue weighted by Crippen LogP contribution is -2.41. The predicted octanol–water partition coefficient (Wildman–Crippen LogP) is 0.207. The summed E-state index contributed by atoms with van der Waals surface area (Å²) in [4.78, 5) is 13.2. The van der Waals surface area contributed by atoms with Gasteiger partial charge in [-0.25, -0.2) is 0 Å². The highest BCUT2D eigenvalue weighted by molar-refractivity contribution is 5.78. The molecule has 13 heavy (non-hydrogen) atoms. The van der Waals surface area contributed by atoms with Crippen LogP contribution in [0.4, 0.5) is 0 Å². The number of hydrogen-bond acceptors (Lipinski definition) is 2. The van der Waals surface area contributed by atoms with Gasteiger partial charge in [-0.1, -0.05) is 5.92 Å². The number of nitrogens with zero attached hydrogens (tertiary/aromatic N) is 1. The quantitative estimate of drug-likeness (QED) is 0.617. The number of carbonyl (C=O) groups is 1. The van der Waals surface area contributed by atoms with Gasteiger partial charge in [-0.15, -0.1) is 6.42 Å². The zero-order chi connectivity index (χ0) is 9.68. The van der Waals surface area contributed by atoms with Gasteiger partial charge < -0.3 is 10.6 Å². The standard InChI is InChI=1S/C10H16N2O/c1-2-4-10(13)12-6-3-5-9(7-11)8-12/h1,9H,3-8,11H2. The van der Waals surface area contributed by atoms with Crippen molar-refractivity contribution >= 4 is 5.91 Å². The SMILES string of the molecule is C#CCC(=O)N1CCCC(CN)C1. The van der Waals surface area contributed by atoms with Gasteiger partial charge in [-0.05, 0) is 25.3 Å². The van der Waals surface area contributed by atoms with Crippen molar-refractivity contribution in [1.29, 1.82) is 0 Å². The molecule has 1 amide bonds. The van der Waals surface area contributed by atoms with E-state index in [1.807, 2.05) is 4.90 Å². The Balaban J connectivity index is 2.42. The molecule has 72 valence electrons. The summed E-state index contributed by atoms with van der Waals surface area (Å²) in [6.45, 7) is 2.30. The Bertz CT molecular complexity index is 219. The summed E-state index contributed by atoms with van der Waals surface area (Å²) in [5.41, 5.74) is 5.56. The van der Waals surface area contributed by atoms with Crippen LogP contribution in [0.15, 0.2) is 0 Å². The normalized spacial score (nSPS) is 22.5. The van der Waals surface area contributed by atoms with Crippen LogP contribution in [0, 0.1) is 18.3 Å². The van der Waals surface area contributed by atoms with E-state index in [-0.39, 0.29) is 12.3 Å². The fourth-order valence-electron chi connectivity index (χ4n) is 1.68. The lowest BCUT2D eigenvalue weighted by atomic mass is 9.98. The molecule has 0 spiro atoms. The highest BCUT2D eigenvalue weighted by Crippen LogP contribution is 2.15. The summed E-state index contributed by atoms with van der Waals surface area (Å²) in [6, 6.07) is 0. The minimum absolute atomic E-state index is 0.0700. The van der Waals surface area contributed by atoms with Crippen LogP contribution in [0.25, 0.3) is 0 Å². The van der Waals surface area contributed by atoms with Crippen molar-refractivity contribution in [3.63, 3.8) is 0 Å². The van der Waals surface area contributed by atoms with Gasteiger partial charge in [0.1, 0.15) is 0 Å². The molecule has 1 unspecified atom stereocenters. The van der Waals surface area contributed by atoms with Crippen molar-refractivity contribution in [2.75, 3.05) is 19.6 Å². The van der Waals surface area contributed by atoms with Crippen LogP contribution in [0.2, 0.25) is 0 Å². The maximum atomic E-state index is 11.4. The Morgan fingerprint density at radius 3 is 3.08 bits per heavy atom. The second-order valence-electron chi connectivity index (χ2n) is 3.46. The van der Waals surface area contributed by atoms with Crippen LogP contribution < -0.4 is 5.73 Å². The molecule has 1 atom stereocenters. The first-order chi connectivity index (χ1) is 6.27. The molecule has 1 aliphatic heterocycles. The van der Waals surface area contributed by atoms with Gasteiger partial charge in [-0.2, -0.15) is 0 Å². The first-order valence-corrected chi connectivity index (χ1v) is 4.69. The molecule has 0 saturated carbocycles. The fourth-order valence-corrected chi connectivity index (χ4v) is 1.68. The molecule has 2 N–H and O–H groups in total. The molecule has 1 heterocycles. The molecule has 1 rings (SSSR count). The predicted molar refractivity (Wildman–Crippen MR) is 51.8 cm³/mol. The Morgan fingerprint density at radius 1 is 1.69 bits per heavy atom. The molecule has 3 nitrogen and oxygen atoms in total. The average molecular weight is 180 g/mol. The molecular formula is C10H16N2O. The van der Waals surface area contributed by atoms with E-state index in [4.69, 9.17) is 12.2 Å². The molecule has 0 aromatic carbocycles. The smallest absolute Gasteiger partial charge is 0.234 e. The van der Waals surface area contributed by atoms with Crippen molar-refractivity contribution < 1.29 is 4.79 Å². The molecule has 1 saturated heterocycles. The van der Waals surface area contributed by atoms with E-state index >= 15 is 0 Å². The zero-order valence-electron chi connectivity index (χ0n) is 7.83. The summed E-state index contributed by atoms with van der Waals surface area (Å²) in [5, 5.41) is 0. The van der Waals surface area contributed by atoms with Gasteiger partial charge in [0, 0.05) is 13.1 Å².